The van der Waals surface area contributed by atoms with Crippen molar-refractivity contribution in [2.75, 3.05) is 0 Å². The van der Waals surface area contributed by atoms with Crippen molar-refractivity contribution in [3.63, 3.8) is 0 Å². The lowest BCUT2D eigenvalue weighted by Crippen LogP contribution is -1.81. The number of hydrogen-bond donors (Lipinski definition) is 0. The number of allylic oxidation sites excluding steroid dienone is 2. The van der Waals surface area contributed by atoms with Gasteiger partial charge in [-0.2, -0.15) is 0 Å². The Kier molecular flexibility index (Phi) is 3.59. The molecule has 2 radical (unpaired) electrons. The van der Waals surface area contributed by atoms with Crippen LogP contribution in [0, 0.1) is 19.8 Å². The Labute approximate surface area is 52.6 Å². The van der Waals surface area contributed by atoms with Crippen molar-refractivity contribution in [2.24, 2.45) is 5.92 Å². The summed E-state index contributed by atoms with van der Waals surface area (Å²) in [6.07, 6.45) is 3.03. The first kappa shape index (κ1) is 7.74. The summed E-state index contributed by atoms with van der Waals surface area (Å²) in [6, 6.07) is 0. The molecule has 1 atom stereocenters. The van der Waals surface area contributed by atoms with Gasteiger partial charge in [-0.3, -0.25) is 0 Å². The standard InChI is InChI=1S/C8H14/c1-5-8(4)6-7(2)3/h6-7H,1-2,5H2,3-4H3. The topological polar surface area (TPSA) is 0 Å². The van der Waals surface area contributed by atoms with E-state index >= 15 is 0 Å². The largest absolute Gasteiger partial charge is 0.0828 e. The fourth-order valence-corrected chi connectivity index (χ4v) is 0.569. The molecule has 0 saturated heterocycles. The molecule has 0 N–H and O–H groups in total. The van der Waals surface area contributed by atoms with Gasteiger partial charge in [-0.15, -0.1) is 0 Å². The third kappa shape index (κ3) is 3.91. The summed E-state index contributed by atoms with van der Waals surface area (Å²) >= 11 is 0. The van der Waals surface area contributed by atoms with Crippen LogP contribution >= 0.6 is 0 Å². The van der Waals surface area contributed by atoms with Crippen molar-refractivity contribution in [3.8, 4) is 0 Å². The van der Waals surface area contributed by atoms with E-state index in [1.807, 2.05) is 0 Å². The van der Waals surface area contributed by atoms with E-state index in [1.165, 1.54) is 5.57 Å². The SMILES string of the molecule is [CH2]CC(C)=CC([CH2])C. The molecular formula is C8H14. The van der Waals surface area contributed by atoms with E-state index in [0.717, 1.165) is 6.42 Å². The maximum absolute atomic E-state index is 3.82. The molecule has 0 spiro atoms. The molecule has 46 valence electrons. The summed E-state index contributed by atoms with van der Waals surface area (Å²) in [6.45, 7) is 11.7. The molecule has 0 rings (SSSR count). The minimum absolute atomic E-state index is 0.428. The molecule has 0 heterocycles. The van der Waals surface area contributed by atoms with Crippen LogP contribution in [0.3, 0.4) is 0 Å². The second-order valence-corrected chi connectivity index (χ2v) is 2.24. The molecule has 0 heteroatoms. The minimum atomic E-state index is 0.428. The molecule has 0 aliphatic carbocycles. The molecule has 0 bridgehead atoms. The molecule has 0 aromatic heterocycles. The lowest BCUT2D eigenvalue weighted by molar-refractivity contribution is 0.912. The van der Waals surface area contributed by atoms with Crippen LogP contribution < -0.4 is 0 Å². The first-order valence-electron chi connectivity index (χ1n) is 2.96. The van der Waals surface area contributed by atoms with E-state index < -0.39 is 0 Å². The van der Waals surface area contributed by atoms with Crippen LogP contribution in [0.1, 0.15) is 20.3 Å². The molecule has 0 fully saturated rings. The third-order valence-electron chi connectivity index (χ3n) is 0.963. The second kappa shape index (κ2) is 3.71. The van der Waals surface area contributed by atoms with Gasteiger partial charge in [0.2, 0.25) is 0 Å². The van der Waals surface area contributed by atoms with Gasteiger partial charge < -0.3 is 0 Å². The molecule has 0 aromatic rings. The van der Waals surface area contributed by atoms with E-state index in [4.69, 9.17) is 0 Å². The van der Waals surface area contributed by atoms with E-state index in [2.05, 4.69) is 33.8 Å². The molecular weight excluding hydrogens is 96.1 g/mol. The summed E-state index contributed by atoms with van der Waals surface area (Å²) in [5, 5.41) is 0. The van der Waals surface area contributed by atoms with Crippen molar-refractivity contribution < 1.29 is 0 Å². The number of rotatable bonds is 2. The summed E-state index contributed by atoms with van der Waals surface area (Å²) < 4.78 is 0. The van der Waals surface area contributed by atoms with Gasteiger partial charge in [-0.1, -0.05) is 18.6 Å². The fourth-order valence-electron chi connectivity index (χ4n) is 0.569. The molecule has 8 heavy (non-hydrogen) atoms. The Balaban J connectivity index is 3.56. The highest BCUT2D eigenvalue weighted by molar-refractivity contribution is 5.01. The van der Waals surface area contributed by atoms with Crippen LogP contribution in [0.2, 0.25) is 0 Å². The molecule has 1 unspecified atom stereocenters. The Morgan fingerprint density at radius 3 is 2.38 bits per heavy atom. The second-order valence-electron chi connectivity index (χ2n) is 2.24. The van der Waals surface area contributed by atoms with Crippen molar-refractivity contribution >= 4 is 0 Å². The zero-order chi connectivity index (χ0) is 6.57. The third-order valence-corrected chi connectivity index (χ3v) is 0.963. The van der Waals surface area contributed by atoms with Crippen molar-refractivity contribution in [3.05, 3.63) is 25.5 Å². The molecule has 0 aliphatic rings. The smallest absolute Gasteiger partial charge is 0.0259 e. The van der Waals surface area contributed by atoms with Crippen LogP contribution in [-0.2, 0) is 0 Å². The predicted molar refractivity (Wildman–Crippen MR) is 38.3 cm³/mol. The first-order valence-corrected chi connectivity index (χ1v) is 2.96. The molecule has 0 aliphatic heterocycles. The number of hydrogen-bond acceptors (Lipinski definition) is 0. The van der Waals surface area contributed by atoms with Crippen LogP contribution in [-0.4, -0.2) is 0 Å². The average molecular weight is 110 g/mol. The van der Waals surface area contributed by atoms with E-state index in [-0.39, 0.29) is 0 Å². The summed E-state index contributed by atoms with van der Waals surface area (Å²) in [5.41, 5.74) is 1.33. The van der Waals surface area contributed by atoms with Gasteiger partial charge in [-0.05, 0) is 33.1 Å². The van der Waals surface area contributed by atoms with Gasteiger partial charge in [0.1, 0.15) is 0 Å². The highest BCUT2D eigenvalue weighted by atomic mass is 13.9. The van der Waals surface area contributed by atoms with Crippen molar-refractivity contribution in [2.45, 2.75) is 20.3 Å². The summed E-state index contributed by atoms with van der Waals surface area (Å²) in [5.74, 6) is 0.428. The predicted octanol–water partition coefficient (Wildman–Crippen LogP) is 2.63. The van der Waals surface area contributed by atoms with Crippen molar-refractivity contribution in [1.29, 1.82) is 0 Å². The molecule has 0 amide bonds. The van der Waals surface area contributed by atoms with Crippen LogP contribution in [0.4, 0.5) is 0 Å². The molecule has 0 nitrogen and oxygen atoms in total. The quantitative estimate of drug-likeness (QED) is 0.479. The lowest BCUT2D eigenvalue weighted by Gasteiger charge is -1.96. The van der Waals surface area contributed by atoms with Crippen molar-refractivity contribution in [1.82, 2.24) is 0 Å². The fraction of sp³-hybridized carbons (Fsp3) is 0.500. The molecule has 0 aromatic carbocycles. The average Bonchev–Trinajstić information content (AvgIpc) is 1.65. The summed E-state index contributed by atoms with van der Waals surface area (Å²) in [7, 11) is 0. The normalized spacial score (nSPS) is 12.9. The van der Waals surface area contributed by atoms with Gasteiger partial charge in [-0.25, -0.2) is 0 Å². The zero-order valence-corrected chi connectivity index (χ0v) is 5.78. The highest BCUT2D eigenvalue weighted by Gasteiger charge is 1.86. The van der Waals surface area contributed by atoms with Crippen LogP contribution in [0.15, 0.2) is 11.6 Å². The summed E-state index contributed by atoms with van der Waals surface area (Å²) in [4.78, 5) is 0. The Bertz CT molecular complexity index is 78.0. The zero-order valence-electron chi connectivity index (χ0n) is 5.78. The van der Waals surface area contributed by atoms with Gasteiger partial charge in [0.25, 0.3) is 0 Å². The first-order chi connectivity index (χ1) is 3.66. The van der Waals surface area contributed by atoms with Gasteiger partial charge >= 0.3 is 0 Å². The van der Waals surface area contributed by atoms with Gasteiger partial charge in [0, 0.05) is 0 Å². The Hall–Kier alpha value is -0.260. The van der Waals surface area contributed by atoms with E-state index in [0.29, 0.717) is 5.92 Å². The van der Waals surface area contributed by atoms with Crippen LogP contribution in [0.5, 0.6) is 0 Å². The lowest BCUT2D eigenvalue weighted by atomic mass is 10.1. The van der Waals surface area contributed by atoms with Gasteiger partial charge in [0.05, 0.1) is 0 Å². The van der Waals surface area contributed by atoms with Gasteiger partial charge in [0.15, 0.2) is 0 Å². The monoisotopic (exact) mass is 110 g/mol. The highest BCUT2D eigenvalue weighted by Crippen LogP contribution is 2.02. The maximum Gasteiger partial charge on any atom is -0.0259 e. The maximum atomic E-state index is 3.82. The van der Waals surface area contributed by atoms with E-state index in [1.54, 1.807) is 0 Å². The minimum Gasteiger partial charge on any atom is -0.0828 e. The Morgan fingerprint density at radius 2 is 2.25 bits per heavy atom. The Morgan fingerprint density at radius 1 is 1.75 bits per heavy atom. The van der Waals surface area contributed by atoms with Crippen LogP contribution in [0.25, 0.3) is 0 Å². The molecule has 0 saturated carbocycles. The van der Waals surface area contributed by atoms with E-state index in [9.17, 15) is 0 Å².